The molecule has 1 fully saturated rings. The van der Waals surface area contributed by atoms with Crippen molar-refractivity contribution in [3.05, 3.63) is 98.5 Å². The summed E-state index contributed by atoms with van der Waals surface area (Å²) in [5, 5.41) is 4.34. The molecule has 9 heteroatoms. The third-order valence-corrected chi connectivity index (χ3v) is 6.04. The number of nitrogens with one attached hydrogen (secondary N) is 2. The Kier molecular flexibility index (Phi) is 6.88. The fourth-order valence-corrected chi connectivity index (χ4v) is 4.15. The summed E-state index contributed by atoms with van der Waals surface area (Å²) < 4.78 is 6.76. The lowest BCUT2D eigenvalue weighted by atomic mass is 9.99. The van der Waals surface area contributed by atoms with Crippen LogP contribution in [0.15, 0.2) is 66.7 Å². The van der Waals surface area contributed by atoms with E-state index in [1.165, 1.54) is 0 Å². The molecule has 1 aliphatic heterocycles. The molecule has 168 valence electrons. The van der Waals surface area contributed by atoms with Gasteiger partial charge in [-0.15, -0.1) is 10.1 Å². The van der Waals surface area contributed by atoms with Gasteiger partial charge in [-0.05, 0) is 54.6 Å². The molecule has 0 aliphatic carbocycles. The fourth-order valence-electron chi connectivity index (χ4n) is 3.56. The standard InChI is InChI=1S/C24H18Cl3N3O3/c1-33-19-10-5-15(6-11-19)23(31)28-21-22(14-2-7-17(25)8-3-14)30(29-24(21)32)13-16-4-9-18(26)12-20(16)27/h2-13,21-22H,1H3,(H-,28,29,31,32)/p+1/b30-13-/t21-,22-/m0/s1. The maximum atomic E-state index is 12.9. The minimum absolute atomic E-state index is 0.363. The smallest absolute Gasteiger partial charge is 0.304 e. The number of ether oxygens (including phenoxy) is 1. The number of methoxy groups -OCH3 is 1. The Bertz CT molecular complexity index is 1230. The van der Waals surface area contributed by atoms with Crippen molar-refractivity contribution < 1.29 is 19.0 Å². The SMILES string of the molecule is COc1ccc(C(=O)N[C@@H]2C(=O)N/[N+](=C\c3ccc(Cl)cc3Cl)[C@H]2c2ccc(Cl)cc2)cc1. The molecular formula is C24H19Cl3N3O3+. The highest BCUT2D eigenvalue weighted by Crippen LogP contribution is 2.28. The van der Waals surface area contributed by atoms with E-state index in [-0.39, 0.29) is 11.8 Å². The number of amides is 2. The summed E-state index contributed by atoms with van der Waals surface area (Å²) in [6.07, 6.45) is 1.70. The number of carbonyl (C=O) groups is 2. The predicted molar refractivity (Wildman–Crippen MR) is 128 cm³/mol. The minimum Gasteiger partial charge on any atom is -0.497 e. The Morgan fingerprint density at radius 1 is 1.00 bits per heavy atom. The van der Waals surface area contributed by atoms with Gasteiger partial charge in [0.05, 0.1) is 17.7 Å². The Morgan fingerprint density at radius 2 is 1.67 bits per heavy atom. The Balaban J connectivity index is 1.70. The number of carbonyl (C=O) groups excluding carboxylic acids is 2. The molecule has 3 aromatic carbocycles. The Morgan fingerprint density at radius 3 is 2.30 bits per heavy atom. The first-order valence-corrected chi connectivity index (χ1v) is 11.1. The minimum atomic E-state index is -0.872. The van der Waals surface area contributed by atoms with E-state index in [1.807, 2.05) is 12.1 Å². The zero-order valence-corrected chi connectivity index (χ0v) is 19.7. The van der Waals surface area contributed by atoms with Crippen molar-refractivity contribution in [3.8, 4) is 5.75 Å². The lowest BCUT2D eigenvalue weighted by Gasteiger charge is -2.15. The topological polar surface area (TPSA) is 70.4 Å². The number of hydrazone groups is 1. The van der Waals surface area contributed by atoms with E-state index in [9.17, 15) is 9.59 Å². The third kappa shape index (κ3) is 5.14. The van der Waals surface area contributed by atoms with Crippen LogP contribution in [0, 0.1) is 0 Å². The van der Waals surface area contributed by atoms with Crippen LogP contribution in [0.2, 0.25) is 15.1 Å². The summed E-state index contributed by atoms with van der Waals surface area (Å²) in [5.74, 6) is -0.119. The van der Waals surface area contributed by atoms with Gasteiger partial charge in [0.25, 0.3) is 5.91 Å². The molecule has 6 nitrogen and oxygen atoms in total. The summed E-state index contributed by atoms with van der Waals surface area (Å²) in [6, 6.07) is 17.4. The van der Waals surface area contributed by atoms with Crippen LogP contribution >= 0.6 is 34.8 Å². The molecule has 0 unspecified atom stereocenters. The van der Waals surface area contributed by atoms with E-state index >= 15 is 0 Å². The van der Waals surface area contributed by atoms with Crippen LogP contribution in [0.5, 0.6) is 5.75 Å². The first-order valence-electron chi connectivity index (χ1n) is 9.95. The van der Waals surface area contributed by atoms with Gasteiger partial charge in [-0.2, -0.15) is 0 Å². The van der Waals surface area contributed by atoms with Crippen LogP contribution in [0.25, 0.3) is 0 Å². The van der Waals surface area contributed by atoms with Gasteiger partial charge in [0.1, 0.15) is 5.75 Å². The third-order valence-electron chi connectivity index (χ3n) is 5.23. The Labute approximate surface area is 205 Å². The second kappa shape index (κ2) is 9.83. The van der Waals surface area contributed by atoms with Gasteiger partial charge in [-0.3, -0.25) is 9.59 Å². The lowest BCUT2D eigenvalue weighted by molar-refractivity contribution is -0.596. The first-order chi connectivity index (χ1) is 15.9. The van der Waals surface area contributed by atoms with E-state index in [1.54, 1.807) is 72.6 Å². The van der Waals surface area contributed by atoms with Crippen molar-refractivity contribution in [2.24, 2.45) is 0 Å². The van der Waals surface area contributed by atoms with Crippen LogP contribution in [0.1, 0.15) is 27.5 Å². The normalized spacial score (nSPS) is 18.8. The van der Waals surface area contributed by atoms with Crippen LogP contribution in [0.4, 0.5) is 0 Å². The molecule has 0 bridgehead atoms. The van der Waals surface area contributed by atoms with E-state index < -0.39 is 12.1 Å². The summed E-state index contributed by atoms with van der Waals surface area (Å²) in [7, 11) is 1.55. The highest BCUT2D eigenvalue weighted by Gasteiger charge is 2.47. The molecule has 0 aromatic heterocycles. The number of rotatable bonds is 5. The molecule has 1 heterocycles. The largest absolute Gasteiger partial charge is 0.497 e. The summed E-state index contributed by atoms with van der Waals surface area (Å²) >= 11 is 18.4. The highest BCUT2D eigenvalue weighted by atomic mass is 35.5. The molecule has 4 rings (SSSR count). The molecule has 33 heavy (non-hydrogen) atoms. The van der Waals surface area contributed by atoms with Gasteiger partial charge in [-0.25, -0.2) is 0 Å². The molecule has 1 saturated heterocycles. The van der Waals surface area contributed by atoms with Crippen LogP contribution in [0.3, 0.4) is 0 Å². The Hall–Kier alpha value is -3.06. The van der Waals surface area contributed by atoms with Gasteiger partial charge in [0.15, 0.2) is 6.04 Å². The molecule has 0 radical (unpaired) electrons. The van der Waals surface area contributed by atoms with Crippen molar-refractivity contribution >= 4 is 52.8 Å². The van der Waals surface area contributed by atoms with Crippen molar-refractivity contribution in [1.82, 2.24) is 10.7 Å². The average molecular weight is 504 g/mol. The maximum Gasteiger partial charge on any atom is 0.304 e. The molecule has 0 saturated carbocycles. The van der Waals surface area contributed by atoms with E-state index in [4.69, 9.17) is 39.5 Å². The van der Waals surface area contributed by atoms with Gasteiger partial charge >= 0.3 is 5.91 Å². The highest BCUT2D eigenvalue weighted by molar-refractivity contribution is 6.36. The fraction of sp³-hybridized carbons (Fsp3) is 0.125. The van der Waals surface area contributed by atoms with Crippen LogP contribution in [-0.2, 0) is 4.79 Å². The first kappa shape index (κ1) is 23.1. The summed E-state index contributed by atoms with van der Waals surface area (Å²) in [6.45, 7) is 0. The molecule has 2 atom stereocenters. The predicted octanol–water partition coefficient (Wildman–Crippen LogP) is 4.67. The van der Waals surface area contributed by atoms with Crippen molar-refractivity contribution in [3.63, 3.8) is 0 Å². The average Bonchev–Trinajstić information content (AvgIpc) is 3.10. The number of hydrogen-bond donors (Lipinski definition) is 2. The van der Waals surface area contributed by atoms with Gasteiger partial charge in [0.2, 0.25) is 12.3 Å². The molecule has 2 amide bonds. The number of nitrogens with zero attached hydrogens (tertiary/aromatic N) is 1. The van der Waals surface area contributed by atoms with Crippen molar-refractivity contribution in [2.45, 2.75) is 12.1 Å². The second-order valence-electron chi connectivity index (χ2n) is 7.35. The van der Waals surface area contributed by atoms with Gasteiger partial charge < -0.3 is 10.1 Å². The van der Waals surface area contributed by atoms with Gasteiger partial charge in [0, 0.05) is 21.2 Å². The van der Waals surface area contributed by atoms with Crippen molar-refractivity contribution in [1.29, 1.82) is 0 Å². The maximum absolute atomic E-state index is 12.9. The molecule has 0 spiro atoms. The van der Waals surface area contributed by atoms with E-state index in [0.717, 1.165) is 5.56 Å². The van der Waals surface area contributed by atoms with Crippen LogP contribution in [-0.4, -0.2) is 35.9 Å². The number of hydrazine groups is 1. The second-order valence-corrected chi connectivity index (χ2v) is 8.63. The molecule has 1 aliphatic rings. The zero-order chi connectivity index (χ0) is 23.5. The van der Waals surface area contributed by atoms with Crippen molar-refractivity contribution in [2.75, 3.05) is 7.11 Å². The molecular weight excluding hydrogens is 485 g/mol. The quantitative estimate of drug-likeness (QED) is 0.497. The summed E-state index contributed by atoms with van der Waals surface area (Å²) in [4.78, 5) is 25.9. The zero-order valence-electron chi connectivity index (χ0n) is 17.4. The molecule has 2 N–H and O–H groups in total. The number of benzene rings is 3. The number of hydrogen-bond acceptors (Lipinski definition) is 3. The summed E-state index contributed by atoms with van der Waals surface area (Å²) in [5.41, 5.74) is 4.65. The monoisotopic (exact) mass is 502 g/mol. The number of halogens is 3. The van der Waals surface area contributed by atoms with Crippen LogP contribution < -0.4 is 15.5 Å². The van der Waals surface area contributed by atoms with E-state index in [2.05, 4.69) is 10.7 Å². The van der Waals surface area contributed by atoms with E-state index in [0.29, 0.717) is 31.9 Å². The van der Waals surface area contributed by atoms with Gasteiger partial charge in [-0.1, -0.05) is 46.9 Å². The molecule has 3 aromatic rings. The lowest BCUT2D eigenvalue weighted by Crippen LogP contribution is -2.42.